The highest BCUT2D eigenvalue weighted by molar-refractivity contribution is 4.99. The van der Waals surface area contributed by atoms with Crippen molar-refractivity contribution in [3.63, 3.8) is 0 Å². The van der Waals surface area contributed by atoms with Crippen LogP contribution in [-0.4, -0.2) is 39.5 Å². The fourth-order valence-electron chi connectivity index (χ4n) is 1.30. The van der Waals surface area contributed by atoms with Gasteiger partial charge < -0.3 is 5.11 Å². The number of likely N-dealkylation sites (N-methyl/N-ethyl adjacent to an activating group) is 1. The molecule has 0 aromatic carbocycles. The molecule has 86 valence electrons. The highest BCUT2D eigenvalue weighted by Gasteiger charge is 2.10. The van der Waals surface area contributed by atoms with Gasteiger partial charge in [0.1, 0.15) is 0 Å². The molecule has 0 bridgehead atoms. The van der Waals surface area contributed by atoms with Gasteiger partial charge in [0.25, 0.3) is 0 Å². The van der Waals surface area contributed by atoms with Crippen LogP contribution < -0.4 is 0 Å². The molecule has 0 spiro atoms. The molecule has 0 saturated heterocycles. The Hall–Kier alpha value is -0.870. The summed E-state index contributed by atoms with van der Waals surface area (Å²) >= 11 is 0. The Balaban J connectivity index is 2.57. The van der Waals surface area contributed by atoms with Crippen LogP contribution in [-0.2, 0) is 6.54 Å². The van der Waals surface area contributed by atoms with Crippen molar-refractivity contribution in [2.24, 2.45) is 0 Å². The smallest absolute Gasteiger partial charge is 0.0764 e. The van der Waals surface area contributed by atoms with E-state index < -0.39 is 0 Å². The SMILES string of the molecule is CC(CO)N(C)Cc1ccn(C(C)C)n1. The Bertz CT molecular complexity index is 296. The second-order valence-electron chi connectivity index (χ2n) is 4.33. The van der Waals surface area contributed by atoms with Crippen LogP contribution in [0, 0.1) is 0 Å². The van der Waals surface area contributed by atoms with Crippen molar-refractivity contribution < 1.29 is 5.11 Å². The normalized spacial score (nSPS) is 13.8. The van der Waals surface area contributed by atoms with Gasteiger partial charge in [0, 0.05) is 24.8 Å². The van der Waals surface area contributed by atoms with Gasteiger partial charge >= 0.3 is 0 Å². The van der Waals surface area contributed by atoms with Crippen molar-refractivity contribution >= 4 is 0 Å². The quantitative estimate of drug-likeness (QED) is 0.797. The zero-order valence-electron chi connectivity index (χ0n) is 10.0. The van der Waals surface area contributed by atoms with Gasteiger partial charge in [-0.1, -0.05) is 0 Å². The fraction of sp³-hybridized carbons (Fsp3) is 0.727. The molecular formula is C11H21N3O. The average molecular weight is 211 g/mol. The van der Waals surface area contributed by atoms with E-state index in [9.17, 15) is 0 Å². The predicted molar refractivity (Wildman–Crippen MR) is 60.6 cm³/mol. The Morgan fingerprint density at radius 3 is 2.60 bits per heavy atom. The maximum absolute atomic E-state index is 9.01. The third kappa shape index (κ3) is 3.32. The highest BCUT2D eigenvalue weighted by Crippen LogP contribution is 2.07. The Labute approximate surface area is 91.5 Å². The molecule has 1 rings (SSSR count). The summed E-state index contributed by atoms with van der Waals surface area (Å²) in [5, 5.41) is 13.5. The fourth-order valence-corrected chi connectivity index (χ4v) is 1.30. The third-order valence-electron chi connectivity index (χ3n) is 2.62. The standard InChI is InChI=1S/C11H21N3O/c1-9(2)14-6-5-11(12-14)7-13(4)10(3)8-15/h5-6,9-10,15H,7-8H2,1-4H3. The van der Waals surface area contributed by atoms with E-state index >= 15 is 0 Å². The molecule has 0 saturated carbocycles. The lowest BCUT2D eigenvalue weighted by atomic mass is 10.3. The summed E-state index contributed by atoms with van der Waals surface area (Å²) in [6.07, 6.45) is 2.00. The first-order valence-electron chi connectivity index (χ1n) is 5.39. The van der Waals surface area contributed by atoms with Crippen molar-refractivity contribution in [3.05, 3.63) is 18.0 Å². The lowest BCUT2D eigenvalue weighted by molar-refractivity contribution is 0.152. The summed E-state index contributed by atoms with van der Waals surface area (Å²) < 4.78 is 1.95. The van der Waals surface area contributed by atoms with Gasteiger partial charge in [0.05, 0.1) is 12.3 Å². The van der Waals surface area contributed by atoms with Crippen LogP contribution in [0.2, 0.25) is 0 Å². The van der Waals surface area contributed by atoms with E-state index in [0.29, 0.717) is 6.04 Å². The van der Waals surface area contributed by atoms with Gasteiger partial charge in [-0.25, -0.2) is 0 Å². The first kappa shape index (κ1) is 12.2. The Morgan fingerprint density at radius 1 is 1.47 bits per heavy atom. The van der Waals surface area contributed by atoms with Crippen LogP contribution in [0.25, 0.3) is 0 Å². The molecule has 0 fully saturated rings. The molecule has 4 heteroatoms. The third-order valence-corrected chi connectivity index (χ3v) is 2.62. The molecule has 1 unspecified atom stereocenters. The number of aromatic nitrogens is 2. The minimum absolute atomic E-state index is 0.175. The van der Waals surface area contributed by atoms with Crippen molar-refractivity contribution in [1.29, 1.82) is 0 Å². The Kier molecular flexibility index (Phi) is 4.29. The number of aliphatic hydroxyl groups is 1. The van der Waals surface area contributed by atoms with Gasteiger partial charge in [-0.2, -0.15) is 5.10 Å². The van der Waals surface area contributed by atoms with Crippen molar-refractivity contribution in [2.45, 2.75) is 39.4 Å². The minimum atomic E-state index is 0.175. The molecule has 0 amide bonds. The molecule has 1 aromatic heterocycles. The van der Waals surface area contributed by atoms with Crippen LogP contribution in [0.1, 0.15) is 32.5 Å². The zero-order valence-corrected chi connectivity index (χ0v) is 10.0. The van der Waals surface area contributed by atoms with Gasteiger partial charge in [-0.05, 0) is 33.9 Å². The van der Waals surface area contributed by atoms with Crippen LogP contribution in [0.3, 0.4) is 0 Å². The number of nitrogens with zero attached hydrogens (tertiary/aromatic N) is 3. The lowest BCUT2D eigenvalue weighted by Crippen LogP contribution is -2.31. The van der Waals surface area contributed by atoms with Gasteiger partial charge in [-0.3, -0.25) is 9.58 Å². The van der Waals surface area contributed by atoms with E-state index in [1.165, 1.54) is 0 Å². The van der Waals surface area contributed by atoms with Crippen LogP contribution in [0.15, 0.2) is 12.3 Å². The summed E-state index contributed by atoms with van der Waals surface area (Å²) in [4.78, 5) is 2.09. The molecule has 1 heterocycles. The molecule has 0 aliphatic carbocycles. The van der Waals surface area contributed by atoms with Crippen LogP contribution in [0.5, 0.6) is 0 Å². The summed E-state index contributed by atoms with van der Waals surface area (Å²) in [7, 11) is 2.00. The molecule has 15 heavy (non-hydrogen) atoms. The van der Waals surface area contributed by atoms with Crippen molar-refractivity contribution in [1.82, 2.24) is 14.7 Å². The number of hydrogen-bond donors (Lipinski definition) is 1. The second kappa shape index (κ2) is 5.28. The van der Waals surface area contributed by atoms with Gasteiger partial charge in [0.2, 0.25) is 0 Å². The van der Waals surface area contributed by atoms with E-state index in [0.717, 1.165) is 12.2 Å². The monoisotopic (exact) mass is 211 g/mol. The average Bonchev–Trinajstić information content (AvgIpc) is 2.65. The number of rotatable bonds is 5. The van der Waals surface area contributed by atoms with Gasteiger partial charge in [0.15, 0.2) is 0 Å². The van der Waals surface area contributed by atoms with Crippen LogP contribution in [0.4, 0.5) is 0 Å². The lowest BCUT2D eigenvalue weighted by Gasteiger charge is -2.21. The maximum atomic E-state index is 9.01. The molecule has 4 nitrogen and oxygen atoms in total. The Morgan fingerprint density at radius 2 is 2.13 bits per heavy atom. The molecule has 1 atom stereocenters. The summed E-state index contributed by atoms with van der Waals surface area (Å²) in [6, 6.07) is 2.61. The summed E-state index contributed by atoms with van der Waals surface area (Å²) in [5.41, 5.74) is 1.05. The van der Waals surface area contributed by atoms with E-state index in [1.54, 1.807) is 0 Å². The zero-order chi connectivity index (χ0) is 11.4. The van der Waals surface area contributed by atoms with Crippen molar-refractivity contribution in [2.75, 3.05) is 13.7 Å². The first-order valence-corrected chi connectivity index (χ1v) is 5.39. The van der Waals surface area contributed by atoms with Crippen molar-refractivity contribution in [3.8, 4) is 0 Å². The predicted octanol–water partition coefficient (Wildman–Crippen LogP) is 1.28. The van der Waals surface area contributed by atoms with E-state index in [-0.39, 0.29) is 12.6 Å². The largest absolute Gasteiger partial charge is 0.395 e. The maximum Gasteiger partial charge on any atom is 0.0764 e. The van der Waals surface area contributed by atoms with Crippen LogP contribution >= 0.6 is 0 Å². The molecule has 0 aliphatic rings. The minimum Gasteiger partial charge on any atom is -0.395 e. The number of aliphatic hydroxyl groups excluding tert-OH is 1. The molecule has 0 radical (unpaired) electrons. The first-order chi connectivity index (χ1) is 7.04. The second-order valence-corrected chi connectivity index (χ2v) is 4.33. The number of hydrogen-bond acceptors (Lipinski definition) is 3. The topological polar surface area (TPSA) is 41.3 Å². The molecule has 1 aromatic rings. The molecule has 0 aliphatic heterocycles. The van der Waals surface area contributed by atoms with E-state index in [4.69, 9.17) is 5.11 Å². The molecule has 1 N–H and O–H groups in total. The highest BCUT2D eigenvalue weighted by atomic mass is 16.3. The van der Waals surface area contributed by atoms with E-state index in [1.807, 2.05) is 30.9 Å². The molecular weight excluding hydrogens is 190 g/mol. The summed E-state index contributed by atoms with van der Waals surface area (Å²) in [5.74, 6) is 0. The summed E-state index contributed by atoms with van der Waals surface area (Å²) in [6.45, 7) is 7.18. The van der Waals surface area contributed by atoms with Gasteiger partial charge in [-0.15, -0.1) is 0 Å². The van der Waals surface area contributed by atoms with E-state index in [2.05, 4.69) is 23.8 Å².